The zero-order valence-corrected chi connectivity index (χ0v) is 47.4. The largest absolute Gasteiger partial charge is 0.462 e. The average molecular weight is 1010 g/mol. The highest BCUT2D eigenvalue weighted by Gasteiger charge is 2.19. The zero-order chi connectivity index (χ0) is 52.9. The van der Waals surface area contributed by atoms with Crippen molar-refractivity contribution in [1.82, 2.24) is 0 Å². The number of esters is 3. The van der Waals surface area contributed by atoms with E-state index in [1.807, 2.05) is 6.08 Å². The molecule has 0 unspecified atom stereocenters. The molecule has 0 spiro atoms. The molecule has 414 valence electrons. The third kappa shape index (κ3) is 58.6. The van der Waals surface area contributed by atoms with E-state index in [9.17, 15) is 14.4 Å². The molecule has 0 aliphatic rings. The van der Waals surface area contributed by atoms with Gasteiger partial charge >= 0.3 is 17.9 Å². The summed E-state index contributed by atoms with van der Waals surface area (Å²) in [7, 11) is 0. The number of carbonyl (C=O) groups is 3. The van der Waals surface area contributed by atoms with Crippen molar-refractivity contribution in [2.75, 3.05) is 13.2 Å². The van der Waals surface area contributed by atoms with Crippen LogP contribution in [0, 0.1) is 0 Å². The highest BCUT2D eigenvalue weighted by Crippen LogP contribution is 2.15. The van der Waals surface area contributed by atoms with Crippen LogP contribution >= 0.6 is 0 Å². The average Bonchev–Trinajstić information content (AvgIpc) is 3.39. The lowest BCUT2D eigenvalue weighted by atomic mass is 10.0. The number of unbranched alkanes of at least 4 members (excludes halogenated alkanes) is 22. The Morgan fingerprint density at radius 2 is 0.562 bits per heavy atom. The molecule has 0 heterocycles. The normalized spacial score (nSPS) is 13.0. The van der Waals surface area contributed by atoms with Crippen LogP contribution in [0.4, 0.5) is 0 Å². The van der Waals surface area contributed by atoms with Gasteiger partial charge in [-0.3, -0.25) is 14.4 Å². The van der Waals surface area contributed by atoms with E-state index < -0.39 is 6.10 Å². The quantitative estimate of drug-likeness (QED) is 0.0261. The third-order valence-corrected chi connectivity index (χ3v) is 12.5. The zero-order valence-electron chi connectivity index (χ0n) is 47.4. The Bertz CT molecular complexity index is 1540. The fourth-order valence-corrected chi connectivity index (χ4v) is 7.98. The molecule has 6 nitrogen and oxygen atoms in total. The van der Waals surface area contributed by atoms with Gasteiger partial charge in [0.25, 0.3) is 0 Å². The van der Waals surface area contributed by atoms with E-state index in [4.69, 9.17) is 14.2 Å². The van der Waals surface area contributed by atoms with Gasteiger partial charge in [-0.25, -0.2) is 0 Å². The lowest BCUT2D eigenvalue weighted by molar-refractivity contribution is -0.166. The summed E-state index contributed by atoms with van der Waals surface area (Å²) in [5, 5.41) is 0. The standard InChI is InChI=1S/C67H110O6/c1-4-7-10-13-16-19-22-25-28-31-33-36-39-42-45-48-51-54-57-60-66(69)72-63-64(62-71-65(68)59-56-53-50-47-44-41-38-35-30-27-24-21-18-15-12-9-6-3)73-67(70)61-58-55-52-49-46-43-40-37-34-32-29-26-23-20-17-14-11-8-5-2/h8,11,16-17,19-20,25-26,28-29,33-34,36-37,42-43,45-46,51,54,64H,4-7,9-10,12-15,18,21-24,27,30-32,35,38-41,44,47-50,52-53,55-63H2,1-3H3/b11-8-,19-16-,20-17-,28-25-,29-26-,36-33-,37-34-,45-42-,46-43-,54-51-/t64-/m0/s1. The highest BCUT2D eigenvalue weighted by molar-refractivity contribution is 5.71. The molecule has 0 radical (unpaired) electrons. The van der Waals surface area contributed by atoms with Crippen LogP contribution < -0.4 is 0 Å². The van der Waals surface area contributed by atoms with E-state index in [1.54, 1.807) is 0 Å². The summed E-state index contributed by atoms with van der Waals surface area (Å²) in [6.07, 6.45) is 83.4. The van der Waals surface area contributed by atoms with Crippen LogP contribution in [0.2, 0.25) is 0 Å². The molecule has 0 aromatic carbocycles. The van der Waals surface area contributed by atoms with Gasteiger partial charge in [0.1, 0.15) is 13.2 Å². The monoisotopic (exact) mass is 1010 g/mol. The van der Waals surface area contributed by atoms with E-state index >= 15 is 0 Å². The second kappa shape index (κ2) is 60.4. The van der Waals surface area contributed by atoms with Crippen molar-refractivity contribution in [3.63, 3.8) is 0 Å². The molecule has 0 saturated carbocycles. The van der Waals surface area contributed by atoms with Gasteiger partial charge in [0.2, 0.25) is 0 Å². The third-order valence-electron chi connectivity index (χ3n) is 12.5. The molecule has 0 aromatic rings. The summed E-state index contributed by atoms with van der Waals surface area (Å²) in [6.45, 7) is 6.42. The Morgan fingerprint density at radius 1 is 0.288 bits per heavy atom. The van der Waals surface area contributed by atoms with Crippen LogP contribution in [0.15, 0.2) is 122 Å². The second-order valence-corrected chi connectivity index (χ2v) is 19.5. The van der Waals surface area contributed by atoms with Crippen molar-refractivity contribution in [2.45, 2.75) is 271 Å². The van der Waals surface area contributed by atoms with Gasteiger partial charge in [0, 0.05) is 19.3 Å². The summed E-state index contributed by atoms with van der Waals surface area (Å²) < 4.78 is 16.8. The van der Waals surface area contributed by atoms with E-state index in [0.29, 0.717) is 19.3 Å². The van der Waals surface area contributed by atoms with Gasteiger partial charge < -0.3 is 14.2 Å². The van der Waals surface area contributed by atoms with E-state index in [-0.39, 0.29) is 44.0 Å². The first-order chi connectivity index (χ1) is 36.0. The molecule has 1 atom stereocenters. The SMILES string of the molecule is CC/C=C\C/C=C\C/C=C\C/C=C\C/C=C\CCCCCC(=O)O[C@H](COC(=O)CC/C=C\C/C=C\C/C=C\C/C=C\C/C=C\CCCCC)COC(=O)CCCCCCCCCCCCCCCCCCC. The molecule has 0 saturated heterocycles. The lowest BCUT2D eigenvalue weighted by Crippen LogP contribution is -2.30. The van der Waals surface area contributed by atoms with Gasteiger partial charge in [0.15, 0.2) is 6.10 Å². The van der Waals surface area contributed by atoms with Gasteiger partial charge in [-0.15, -0.1) is 0 Å². The molecule has 0 aromatic heterocycles. The number of rotatable bonds is 53. The minimum Gasteiger partial charge on any atom is -0.462 e. The van der Waals surface area contributed by atoms with Crippen LogP contribution in [-0.2, 0) is 28.6 Å². The molecule has 73 heavy (non-hydrogen) atoms. The summed E-state index contributed by atoms with van der Waals surface area (Å²) in [5.74, 6) is -1.03. The highest BCUT2D eigenvalue weighted by atomic mass is 16.6. The molecule has 0 aliphatic carbocycles. The van der Waals surface area contributed by atoms with Crippen molar-refractivity contribution in [1.29, 1.82) is 0 Å². The lowest BCUT2D eigenvalue weighted by Gasteiger charge is -2.18. The van der Waals surface area contributed by atoms with Gasteiger partial charge in [0.05, 0.1) is 0 Å². The van der Waals surface area contributed by atoms with Gasteiger partial charge in [-0.05, 0) is 103 Å². The number of carbonyl (C=O) groups excluding carboxylic acids is 3. The minimum absolute atomic E-state index is 0.115. The first kappa shape index (κ1) is 68.8. The fourth-order valence-electron chi connectivity index (χ4n) is 7.98. The van der Waals surface area contributed by atoms with Crippen LogP contribution in [0.3, 0.4) is 0 Å². The van der Waals surface area contributed by atoms with E-state index in [0.717, 1.165) is 96.3 Å². The van der Waals surface area contributed by atoms with Crippen molar-refractivity contribution in [2.24, 2.45) is 0 Å². The van der Waals surface area contributed by atoms with Crippen LogP contribution in [0.5, 0.6) is 0 Å². The molecule has 6 heteroatoms. The Hall–Kier alpha value is -4.19. The van der Waals surface area contributed by atoms with Crippen molar-refractivity contribution in [3.8, 4) is 0 Å². The Morgan fingerprint density at radius 3 is 0.945 bits per heavy atom. The van der Waals surface area contributed by atoms with Crippen LogP contribution in [-0.4, -0.2) is 37.2 Å². The van der Waals surface area contributed by atoms with Crippen LogP contribution in [0.1, 0.15) is 265 Å². The molecule has 0 amide bonds. The molecular weight excluding hydrogens is 901 g/mol. The summed E-state index contributed by atoms with van der Waals surface area (Å²) in [6, 6.07) is 0. The van der Waals surface area contributed by atoms with Crippen LogP contribution in [0.25, 0.3) is 0 Å². The molecule has 0 rings (SSSR count). The first-order valence-corrected chi connectivity index (χ1v) is 30.0. The summed E-state index contributed by atoms with van der Waals surface area (Å²) in [5.41, 5.74) is 0. The maximum atomic E-state index is 12.9. The maximum Gasteiger partial charge on any atom is 0.306 e. The van der Waals surface area contributed by atoms with Crippen molar-refractivity contribution in [3.05, 3.63) is 122 Å². The predicted octanol–water partition coefficient (Wildman–Crippen LogP) is 20.4. The smallest absolute Gasteiger partial charge is 0.306 e. The van der Waals surface area contributed by atoms with Crippen molar-refractivity contribution >= 4 is 17.9 Å². The molecule has 0 aliphatic heterocycles. The molecule has 0 N–H and O–H groups in total. The number of hydrogen-bond donors (Lipinski definition) is 0. The Kier molecular flexibility index (Phi) is 56.9. The summed E-state index contributed by atoms with van der Waals surface area (Å²) >= 11 is 0. The van der Waals surface area contributed by atoms with Gasteiger partial charge in [-0.2, -0.15) is 0 Å². The molecule has 0 fully saturated rings. The first-order valence-electron chi connectivity index (χ1n) is 30.0. The topological polar surface area (TPSA) is 78.9 Å². The summed E-state index contributed by atoms with van der Waals surface area (Å²) in [4.78, 5) is 38.2. The molecular formula is C67H110O6. The predicted molar refractivity (Wildman–Crippen MR) is 316 cm³/mol. The second-order valence-electron chi connectivity index (χ2n) is 19.5. The van der Waals surface area contributed by atoms with Gasteiger partial charge in [-0.1, -0.05) is 264 Å². The maximum absolute atomic E-state index is 12.9. The van der Waals surface area contributed by atoms with E-state index in [1.165, 1.54) is 116 Å². The minimum atomic E-state index is -0.828. The van der Waals surface area contributed by atoms with E-state index in [2.05, 4.69) is 136 Å². The Labute approximate surface area is 450 Å². The number of ether oxygens (including phenoxy) is 3. The Balaban J connectivity index is 4.56. The fraction of sp³-hybridized carbons (Fsp3) is 0.657. The molecule has 0 bridgehead atoms. The van der Waals surface area contributed by atoms with Crippen molar-refractivity contribution < 1.29 is 28.6 Å². The number of allylic oxidation sites excluding steroid dienone is 20. The number of hydrogen-bond acceptors (Lipinski definition) is 6.